The fourth-order valence-corrected chi connectivity index (χ4v) is 18.7. The first-order chi connectivity index (χ1) is 61.5. The van der Waals surface area contributed by atoms with E-state index in [1.165, 1.54) is 219 Å². The van der Waals surface area contributed by atoms with Crippen LogP contribution in [0.2, 0.25) is 0 Å². The summed E-state index contributed by atoms with van der Waals surface area (Å²) < 4.78 is 254. The van der Waals surface area contributed by atoms with Crippen LogP contribution in [-0.4, -0.2) is 102 Å². The molecule has 0 spiro atoms. The molecule has 129 heavy (non-hydrogen) atoms. The van der Waals surface area contributed by atoms with Crippen LogP contribution in [0.1, 0.15) is 79.5 Å². The number of pyridine rings is 3. The quantitative estimate of drug-likeness (QED) is 0.0353. The van der Waals surface area contributed by atoms with E-state index in [1.54, 1.807) is 55.6 Å². The molecular weight excluding hydrogens is 1950 g/mol. The Kier molecular flexibility index (Phi) is 29.2. The van der Waals surface area contributed by atoms with Crippen LogP contribution < -0.4 is 53.7 Å². The molecule has 6 aromatic heterocycles. The van der Waals surface area contributed by atoms with E-state index in [1.807, 2.05) is 0 Å². The molecule has 41 heteroatoms. The Morgan fingerprint density at radius 2 is 0.814 bits per heavy atom. The van der Waals surface area contributed by atoms with Gasteiger partial charge in [0.25, 0.3) is 46.7 Å². The minimum absolute atomic E-state index is 0.0163. The van der Waals surface area contributed by atoms with Crippen molar-refractivity contribution in [1.29, 1.82) is 0 Å². The number of benzene rings is 8. The number of fused-ring (bicyclic) bond motifs is 3. The van der Waals surface area contributed by atoms with Crippen LogP contribution in [0.15, 0.2) is 260 Å². The molecule has 3 fully saturated rings. The first kappa shape index (κ1) is 94.8. The summed E-state index contributed by atoms with van der Waals surface area (Å²) in [6, 6.07) is 41.0. The zero-order chi connectivity index (χ0) is 92.8. The van der Waals surface area contributed by atoms with Gasteiger partial charge in [0, 0.05) is 52.6 Å². The number of alkyl halides is 6. The van der Waals surface area contributed by atoms with Crippen molar-refractivity contribution in [2.24, 2.45) is 17.8 Å². The number of anilines is 3. The molecule has 8 aromatic carbocycles. The van der Waals surface area contributed by atoms with Crippen LogP contribution in [0.3, 0.4) is 0 Å². The molecule has 3 saturated carbocycles. The summed E-state index contributed by atoms with van der Waals surface area (Å²) >= 11 is 7.37. The van der Waals surface area contributed by atoms with Gasteiger partial charge in [0.05, 0.1) is 132 Å². The van der Waals surface area contributed by atoms with Crippen molar-refractivity contribution in [2.75, 3.05) is 48.9 Å². The summed E-state index contributed by atoms with van der Waals surface area (Å²) in [5.74, 6) is -3.71. The van der Waals surface area contributed by atoms with Gasteiger partial charge >= 0.3 is 60.4 Å². The summed E-state index contributed by atoms with van der Waals surface area (Å²) in [5, 5.41) is 1.10. The first-order valence-corrected chi connectivity index (χ1v) is 51.1. The fourth-order valence-electron chi connectivity index (χ4n) is 14.6. The monoisotopic (exact) mass is 2020 g/mol. The molecule has 17 rings (SSSR count). The van der Waals surface area contributed by atoms with E-state index in [0.29, 0.717) is 44.3 Å². The summed E-state index contributed by atoms with van der Waals surface area (Å²) in [4.78, 5) is 50.4. The number of ether oxygens (including phenoxy) is 5. The number of halogens is 11. The second-order valence-corrected chi connectivity index (χ2v) is 35.9. The maximum absolute atomic E-state index is 15.4. The Balaban J connectivity index is 0.000000160. The van der Waals surface area contributed by atoms with Crippen LogP contribution >= 0.6 is 29.6 Å². The van der Waals surface area contributed by atoms with Gasteiger partial charge in [0.15, 0.2) is 0 Å². The standard InChI is InChI=1S/C32H27F4N3O6S.C27H21BrFN3O6S.C24H19F4N3O5S.C5H9.BrH.Zn/c1-43-23-6-3-19(4-7-23)18-38(31-37-11-12-45-31)46(41,42)24-8-9-27-20(15-24)5-10-30(40)39(27)28-17-26(33)25(16-29(28)44-2)21-13-22(14-21)32(34,35)36;1-36-19-6-3-17(4-7-19)16-31(27-30-11-12-38-27)39(34,35)20-8-9-23-18(13-20)5-10-26(33)32(23)24-15-22(29)21(28)14-25(24)37-2;1-35-21-11-17(14-8-15(9-14)24(26,27)28)18(25)12-20(21)31-19-4-3-16(10-13(19)2-5-22(31)32)37(33,34)30-23-29-6-7-36-23;1-5-3-2-4-5;;/h3-12,15-17,21-22H,13-14,18H2,1-2H3;3-15H,16H2,1-2H3;2-7,10-12,14-15H,8-9H2,1H3,(H,29,30);2,5H,3-4H2,1H3;1H;/q;;;-1;;+2/p-1. The molecule has 14 aromatic rings. The summed E-state index contributed by atoms with van der Waals surface area (Å²) in [7, 11) is -5.44. The predicted molar refractivity (Wildman–Crippen MR) is 464 cm³/mol. The molecule has 26 nitrogen and oxygen atoms in total. The molecule has 3 aliphatic carbocycles. The topological polar surface area (TPSA) is 311 Å². The van der Waals surface area contributed by atoms with E-state index in [4.69, 9.17) is 36.9 Å². The molecule has 0 unspecified atom stereocenters. The number of hydrogen-bond acceptors (Lipinski definition) is 20. The molecule has 6 heterocycles. The average molecular weight is 2020 g/mol. The minimum atomic E-state index is -4.35. The van der Waals surface area contributed by atoms with Crippen LogP contribution in [0, 0.1) is 41.6 Å². The number of rotatable bonds is 23. The number of oxazole rings is 3. The Bertz CT molecular complexity index is 6950. The van der Waals surface area contributed by atoms with Crippen molar-refractivity contribution in [1.82, 2.24) is 28.7 Å². The third kappa shape index (κ3) is 20.8. The van der Waals surface area contributed by atoms with E-state index in [-0.39, 0.29) is 132 Å². The number of sulfonamides is 3. The number of methoxy groups -OCH3 is 5. The molecule has 0 radical (unpaired) electrons. The van der Waals surface area contributed by atoms with Gasteiger partial charge in [-0.3, -0.25) is 28.1 Å². The van der Waals surface area contributed by atoms with Crippen molar-refractivity contribution >= 4 is 110 Å². The van der Waals surface area contributed by atoms with Crippen LogP contribution in [-0.2, 0) is 59.5 Å². The fraction of sp³-hybridized carbons (Fsp3) is 0.239. The number of aromatic nitrogens is 6. The first-order valence-electron chi connectivity index (χ1n) is 39.0. The van der Waals surface area contributed by atoms with E-state index in [2.05, 4.69) is 62.6 Å². The van der Waals surface area contributed by atoms with Crippen LogP contribution in [0.4, 0.5) is 57.6 Å². The normalized spacial score (nSPS) is 15.6. The second kappa shape index (κ2) is 39.7. The van der Waals surface area contributed by atoms with Gasteiger partial charge in [-0.25, -0.2) is 66.7 Å². The zero-order valence-corrected chi connectivity index (χ0v) is 77.5. The third-order valence-electron chi connectivity index (χ3n) is 21.7. The summed E-state index contributed by atoms with van der Waals surface area (Å²) in [6.07, 6.45) is 3.13. The Hall–Kier alpha value is -11.8. The predicted octanol–water partition coefficient (Wildman–Crippen LogP) is 19.3. The number of nitrogens with one attached hydrogen (secondary N) is 1. The van der Waals surface area contributed by atoms with E-state index < -0.39 is 100 Å². The molecule has 1 N–H and O–H groups in total. The zero-order valence-electron chi connectivity index (χ0n) is 68.9. The van der Waals surface area contributed by atoms with Crippen molar-refractivity contribution in [3.8, 4) is 45.8 Å². The van der Waals surface area contributed by atoms with E-state index in [0.717, 1.165) is 31.2 Å². The van der Waals surface area contributed by atoms with Crippen molar-refractivity contribution in [2.45, 2.75) is 97.4 Å². The molecule has 672 valence electrons. The molecule has 0 bridgehead atoms. The van der Waals surface area contributed by atoms with E-state index >= 15 is 8.78 Å². The Morgan fingerprint density at radius 3 is 1.14 bits per heavy atom. The molecule has 0 atom stereocenters. The SMILES string of the molecule is CC1C[CH-]C1.COc1cc(C2CC(C(F)(F)F)C2)c(F)cc1-n1c(=O)ccc2cc(S(=O)(=O)Nc3ncco3)ccc21.COc1ccc(CN(c2ncco2)S(=O)(=O)c2ccc3c(ccc(=O)n3-c3cc(F)c(Br)cc3OC)c2)cc1.COc1ccc(CN(c2ncco2)S(=O)(=O)c2ccc3c(ccc(=O)n3-c3cc(F)c(C4CC(C(F)(F)F)C4)cc3OC)c2)cc1.[Zn+][Br]. The van der Waals surface area contributed by atoms with Gasteiger partial charge in [-0.15, -0.1) is 0 Å². The third-order valence-corrected chi connectivity index (χ3v) is 27.1. The van der Waals surface area contributed by atoms with Gasteiger partial charge in [0.1, 0.15) is 65.0 Å². The van der Waals surface area contributed by atoms with Gasteiger partial charge < -0.3 is 43.4 Å². The maximum atomic E-state index is 15.4. The van der Waals surface area contributed by atoms with Gasteiger partial charge in [-0.1, -0.05) is 37.1 Å². The molecule has 3 aliphatic rings. The average Bonchev–Trinajstić information content (AvgIpc) is 1.61. The van der Waals surface area contributed by atoms with Crippen LogP contribution in [0.25, 0.3) is 49.8 Å². The van der Waals surface area contributed by atoms with E-state index in [9.17, 15) is 70.4 Å². The van der Waals surface area contributed by atoms with Crippen molar-refractivity contribution < 1.29 is 118 Å². The molecule has 0 amide bonds. The van der Waals surface area contributed by atoms with Gasteiger partial charge in [-0.05, 0) is 191 Å². The Labute approximate surface area is 756 Å². The van der Waals surface area contributed by atoms with Gasteiger partial charge in [-0.2, -0.15) is 39.2 Å². The van der Waals surface area contributed by atoms with Crippen molar-refractivity contribution in [3.05, 3.63) is 295 Å². The molecule has 0 aliphatic heterocycles. The van der Waals surface area contributed by atoms with Crippen molar-refractivity contribution in [3.63, 3.8) is 0 Å². The summed E-state index contributed by atoms with van der Waals surface area (Å²) in [5.41, 5.74) is 0.992. The Morgan fingerprint density at radius 1 is 0.465 bits per heavy atom. The molecule has 0 saturated heterocycles. The van der Waals surface area contributed by atoms with Gasteiger partial charge in [0.2, 0.25) is 0 Å². The number of nitrogens with zero attached hydrogens (tertiary/aromatic N) is 8. The summed E-state index contributed by atoms with van der Waals surface area (Å²) in [6.45, 7) is 2.11. The molecular formula is C88H76Br2F9N9O17S3Zn. The number of hydrogen-bond donors (Lipinski definition) is 1. The van der Waals surface area contributed by atoms with Crippen LogP contribution in [0.5, 0.6) is 28.7 Å². The second-order valence-electron chi connectivity index (χ2n) is 29.7.